The van der Waals surface area contributed by atoms with Gasteiger partial charge in [0.2, 0.25) is 0 Å². The van der Waals surface area contributed by atoms with Crippen LogP contribution in [0.2, 0.25) is 0 Å². The fourth-order valence-electron chi connectivity index (χ4n) is 2.75. The second-order valence-corrected chi connectivity index (χ2v) is 7.27. The predicted octanol–water partition coefficient (Wildman–Crippen LogP) is 3.93. The summed E-state index contributed by atoms with van der Waals surface area (Å²) in [6, 6.07) is 17.0. The average molecular weight is 382 g/mol. The van der Waals surface area contributed by atoms with Gasteiger partial charge in [0.1, 0.15) is 15.6 Å². The summed E-state index contributed by atoms with van der Waals surface area (Å²) >= 11 is 1.38. The Labute approximate surface area is 162 Å². The number of aliphatic hydroxyl groups excluding tert-OH is 1. The third-order valence-corrected chi connectivity index (χ3v) is 5.50. The normalized spacial score (nSPS) is 11.9. The number of ether oxygens (including phenoxy) is 1. The topological polar surface area (TPSA) is 62.7 Å². The molecule has 140 valence electrons. The van der Waals surface area contributed by atoms with Gasteiger partial charge in [0.15, 0.2) is 0 Å². The van der Waals surface area contributed by atoms with Gasteiger partial charge in [0.25, 0.3) is 5.91 Å². The van der Waals surface area contributed by atoms with Gasteiger partial charge < -0.3 is 14.7 Å². The Morgan fingerprint density at radius 3 is 2.48 bits per heavy atom. The van der Waals surface area contributed by atoms with Crippen molar-refractivity contribution in [2.75, 3.05) is 20.7 Å². The third kappa shape index (κ3) is 4.35. The molecular formula is C21H22N2O3S. The van der Waals surface area contributed by atoms with Crippen molar-refractivity contribution in [3.05, 3.63) is 70.7 Å². The van der Waals surface area contributed by atoms with Crippen LogP contribution in [0.1, 0.15) is 27.0 Å². The maximum atomic E-state index is 12.8. The van der Waals surface area contributed by atoms with Crippen LogP contribution in [0.15, 0.2) is 54.6 Å². The number of benzene rings is 2. The van der Waals surface area contributed by atoms with Crippen LogP contribution < -0.4 is 4.74 Å². The van der Waals surface area contributed by atoms with Gasteiger partial charge in [-0.15, -0.1) is 11.3 Å². The molecule has 0 fully saturated rings. The van der Waals surface area contributed by atoms with E-state index in [0.29, 0.717) is 10.6 Å². The minimum absolute atomic E-state index is 0.139. The van der Waals surface area contributed by atoms with E-state index in [1.54, 1.807) is 38.4 Å². The number of amides is 1. The number of hydrogen-bond donors (Lipinski definition) is 1. The lowest BCUT2D eigenvalue weighted by atomic mass is 10.1. The minimum Gasteiger partial charge on any atom is -0.497 e. The van der Waals surface area contributed by atoms with Gasteiger partial charge in [-0.25, -0.2) is 4.98 Å². The number of carbonyl (C=O) groups excluding carboxylic acids is 1. The maximum Gasteiger partial charge on any atom is 0.265 e. The largest absolute Gasteiger partial charge is 0.497 e. The van der Waals surface area contributed by atoms with Gasteiger partial charge in [0.05, 0.1) is 25.5 Å². The Balaban J connectivity index is 1.72. The number of aryl methyl sites for hydroxylation is 1. The van der Waals surface area contributed by atoms with E-state index in [4.69, 9.17) is 4.74 Å². The first-order chi connectivity index (χ1) is 13.0. The fourth-order valence-corrected chi connectivity index (χ4v) is 3.81. The number of carbonyl (C=O) groups is 1. The summed E-state index contributed by atoms with van der Waals surface area (Å²) in [6.45, 7) is 2.03. The second-order valence-electron chi connectivity index (χ2n) is 6.27. The van der Waals surface area contributed by atoms with E-state index in [-0.39, 0.29) is 12.5 Å². The molecule has 0 radical (unpaired) electrons. The van der Waals surface area contributed by atoms with E-state index in [9.17, 15) is 9.90 Å². The van der Waals surface area contributed by atoms with Gasteiger partial charge in [-0.1, -0.05) is 42.5 Å². The van der Waals surface area contributed by atoms with E-state index < -0.39 is 6.10 Å². The van der Waals surface area contributed by atoms with Crippen molar-refractivity contribution >= 4 is 17.2 Å². The van der Waals surface area contributed by atoms with Crippen LogP contribution in [-0.2, 0) is 0 Å². The summed E-state index contributed by atoms with van der Waals surface area (Å²) in [5.41, 5.74) is 2.43. The molecule has 0 spiro atoms. The third-order valence-electron chi connectivity index (χ3n) is 4.31. The van der Waals surface area contributed by atoms with Crippen molar-refractivity contribution < 1.29 is 14.6 Å². The molecule has 0 bridgehead atoms. The second kappa shape index (κ2) is 8.33. The number of hydrogen-bond acceptors (Lipinski definition) is 5. The first-order valence-corrected chi connectivity index (χ1v) is 9.41. The summed E-state index contributed by atoms with van der Waals surface area (Å²) in [5, 5.41) is 11.3. The number of likely N-dealkylation sites (N-methyl/N-ethyl adjacent to an activating group) is 1. The lowest BCUT2D eigenvalue weighted by Gasteiger charge is -2.21. The zero-order chi connectivity index (χ0) is 19.4. The molecule has 1 heterocycles. The molecule has 1 amide bonds. The van der Waals surface area contributed by atoms with Gasteiger partial charge in [-0.2, -0.15) is 0 Å². The quantitative estimate of drug-likeness (QED) is 0.702. The van der Waals surface area contributed by atoms with Crippen LogP contribution in [-0.4, -0.2) is 41.6 Å². The summed E-state index contributed by atoms with van der Waals surface area (Å²) in [4.78, 5) is 19.5. The Kier molecular flexibility index (Phi) is 5.88. The lowest BCUT2D eigenvalue weighted by molar-refractivity contribution is 0.0684. The highest BCUT2D eigenvalue weighted by Crippen LogP contribution is 2.29. The molecule has 27 heavy (non-hydrogen) atoms. The smallest absolute Gasteiger partial charge is 0.265 e. The van der Waals surface area contributed by atoms with Crippen LogP contribution in [0.5, 0.6) is 5.75 Å². The van der Waals surface area contributed by atoms with Gasteiger partial charge >= 0.3 is 0 Å². The summed E-state index contributed by atoms with van der Waals surface area (Å²) in [5.74, 6) is 0.587. The number of rotatable bonds is 6. The lowest BCUT2D eigenvalue weighted by Crippen LogP contribution is -2.31. The van der Waals surface area contributed by atoms with Crippen LogP contribution in [0.25, 0.3) is 10.6 Å². The molecule has 1 N–H and O–H groups in total. The van der Waals surface area contributed by atoms with E-state index in [1.165, 1.54) is 16.2 Å². The monoisotopic (exact) mass is 382 g/mol. The summed E-state index contributed by atoms with van der Waals surface area (Å²) < 4.78 is 5.13. The van der Waals surface area contributed by atoms with Crippen molar-refractivity contribution in [3.8, 4) is 16.3 Å². The molecule has 0 saturated heterocycles. The van der Waals surface area contributed by atoms with Crippen LogP contribution in [0, 0.1) is 6.92 Å². The number of nitrogens with zero attached hydrogens (tertiary/aromatic N) is 2. The van der Waals surface area contributed by atoms with E-state index in [0.717, 1.165) is 21.9 Å². The number of methoxy groups -OCH3 is 1. The zero-order valence-corrected chi connectivity index (χ0v) is 16.4. The Morgan fingerprint density at radius 2 is 1.85 bits per heavy atom. The van der Waals surface area contributed by atoms with Gasteiger partial charge in [-0.05, 0) is 24.6 Å². The average Bonchev–Trinajstić information content (AvgIpc) is 3.09. The number of aromatic nitrogens is 1. The van der Waals surface area contributed by atoms with Crippen LogP contribution in [0.3, 0.4) is 0 Å². The fraction of sp³-hybridized carbons (Fsp3) is 0.238. The summed E-state index contributed by atoms with van der Waals surface area (Å²) in [7, 11) is 3.29. The molecule has 0 aliphatic heterocycles. The summed E-state index contributed by atoms with van der Waals surface area (Å²) in [6.07, 6.45) is -0.772. The van der Waals surface area contributed by atoms with E-state index in [1.807, 2.05) is 37.3 Å². The molecule has 6 heteroatoms. The number of thiazole rings is 1. The van der Waals surface area contributed by atoms with Crippen molar-refractivity contribution in [1.82, 2.24) is 9.88 Å². The highest BCUT2D eigenvalue weighted by Gasteiger charge is 2.22. The van der Waals surface area contributed by atoms with Gasteiger partial charge in [-0.3, -0.25) is 4.79 Å². The SMILES string of the molecule is COc1ccc(C(O)CN(C)C(=O)c2sc(-c3ccccc3)nc2C)cc1. The molecule has 1 aromatic heterocycles. The Bertz CT molecular complexity index is 907. The minimum atomic E-state index is -0.772. The molecule has 1 atom stereocenters. The first-order valence-electron chi connectivity index (χ1n) is 8.60. The molecule has 0 aliphatic rings. The van der Waals surface area contributed by atoms with Crippen LogP contribution >= 0.6 is 11.3 Å². The highest BCUT2D eigenvalue weighted by molar-refractivity contribution is 7.17. The molecular weight excluding hydrogens is 360 g/mol. The van der Waals surface area contributed by atoms with Crippen molar-refractivity contribution in [1.29, 1.82) is 0 Å². The molecule has 3 aromatic rings. The number of aliphatic hydroxyl groups is 1. The van der Waals surface area contributed by atoms with E-state index in [2.05, 4.69) is 4.98 Å². The van der Waals surface area contributed by atoms with Crippen LogP contribution in [0.4, 0.5) is 0 Å². The molecule has 0 aliphatic carbocycles. The molecule has 0 saturated carbocycles. The van der Waals surface area contributed by atoms with Crippen molar-refractivity contribution in [2.45, 2.75) is 13.0 Å². The van der Waals surface area contributed by atoms with E-state index >= 15 is 0 Å². The Morgan fingerprint density at radius 1 is 1.19 bits per heavy atom. The molecule has 5 nitrogen and oxygen atoms in total. The van der Waals surface area contributed by atoms with Gasteiger partial charge in [0, 0.05) is 12.6 Å². The molecule has 3 rings (SSSR count). The predicted molar refractivity (Wildman–Crippen MR) is 107 cm³/mol. The maximum absolute atomic E-state index is 12.8. The Hall–Kier alpha value is -2.70. The molecule has 1 unspecified atom stereocenters. The first kappa shape index (κ1) is 19.1. The highest BCUT2D eigenvalue weighted by atomic mass is 32.1. The zero-order valence-electron chi connectivity index (χ0n) is 15.5. The van der Waals surface area contributed by atoms with Crippen molar-refractivity contribution in [3.63, 3.8) is 0 Å². The standard InChI is InChI=1S/C21H22N2O3S/c1-14-19(27-20(22-14)16-7-5-4-6-8-16)21(25)23(2)13-18(24)15-9-11-17(26-3)12-10-15/h4-12,18,24H,13H2,1-3H3. The molecule has 2 aromatic carbocycles. The van der Waals surface area contributed by atoms with Crippen molar-refractivity contribution in [2.24, 2.45) is 0 Å².